The van der Waals surface area contributed by atoms with E-state index in [9.17, 15) is 10.1 Å². The number of halogens is 2. The fraction of sp³-hybridized carbons (Fsp3) is 0.500. The highest BCUT2D eigenvalue weighted by Gasteiger charge is 2.13. The minimum Gasteiger partial charge on any atom is -0.396 e. The summed E-state index contributed by atoms with van der Waals surface area (Å²) in [5.74, 6) is 0. The van der Waals surface area contributed by atoms with Gasteiger partial charge >= 0.3 is 0 Å². The number of nitrogens with one attached hydrogen (secondary N) is 1. The first-order valence-electron chi connectivity index (χ1n) is 6.04. The average molecular weight is 307 g/mol. The largest absolute Gasteiger partial charge is 0.396 e. The van der Waals surface area contributed by atoms with E-state index in [2.05, 4.69) is 5.32 Å². The molecule has 0 heterocycles. The standard InChI is InChI=1S/C12H16Cl2N2O3/c13-10-7-9(16(18)19)8-11(14)12(10)15-5-3-1-2-4-6-17/h7-8,15,17H,1-6H2. The zero-order chi connectivity index (χ0) is 14.3. The second-order valence-electron chi connectivity index (χ2n) is 4.11. The van der Waals surface area contributed by atoms with E-state index >= 15 is 0 Å². The van der Waals surface area contributed by atoms with Gasteiger partial charge in [0, 0.05) is 25.3 Å². The van der Waals surface area contributed by atoms with E-state index < -0.39 is 4.92 Å². The van der Waals surface area contributed by atoms with Crippen molar-refractivity contribution in [2.24, 2.45) is 0 Å². The van der Waals surface area contributed by atoms with Gasteiger partial charge in [0.1, 0.15) is 0 Å². The fourth-order valence-corrected chi connectivity index (χ4v) is 2.25. The molecule has 7 heteroatoms. The van der Waals surface area contributed by atoms with Gasteiger partial charge in [-0.25, -0.2) is 0 Å². The summed E-state index contributed by atoms with van der Waals surface area (Å²) in [7, 11) is 0. The highest BCUT2D eigenvalue weighted by molar-refractivity contribution is 6.39. The molecule has 19 heavy (non-hydrogen) atoms. The van der Waals surface area contributed by atoms with Gasteiger partial charge in [0.25, 0.3) is 5.69 Å². The van der Waals surface area contributed by atoms with Gasteiger partial charge in [0.05, 0.1) is 20.7 Å². The van der Waals surface area contributed by atoms with Gasteiger partial charge in [-0.3, -0.25) is 10.1 Å². The molecule has 1 rings (SSSR count). The summed E-state index contributed by atoms with van der Waals surface area (Å²) < 4.78 is 0. The quantitative estimate of drug-likeness (QED) is 0.434. The molecule has 0 bridgehead atoms. The van der Waals surface area contributed by atoms with Crippen molar-refractivity contribution in [2.75, 3.05) is 18.5 Å². The van der Waals surface area contributed by atoms with Crippen LogP contribution in [0.25, 0.3) is 0 Å². The number of nitro groups is 1. The van der Waals surface area contributed by atoms with E-state index in [4.69, 9.17) is 28.3 Å². The van der Waals surface area contributed by atoms with Crippen molar-refractivity contribution < 1.29 is 10.0 Å². The smallest absolute Gasteiger partial charge is 0.272 e. The van der Waals surface area contributed by atoms with Gasteiger partial charge in [-0.15, -0.1) is 0 Å². The Morgan fingerprint density at radius 3 is 2.26 bits per heavy atom. The Morgan fingerprint density at radius 1 is 1.16 bits per heavy atom. The van der Waals surface area contributed by atoms with Crippen molar-refractivity contribution in [3.8, 4) is 0 Å². The first-order chi connectivity index (χ1) is 9.06. The Balaban J connectivity index is 2.52. The summed E-state index contributed by atoms with van der Waals surface area (Å²) in [6, 6.07) is 2.56. The predicted octanol–water partition coefficient (Wildman–Crippen LogP) is 3.87. The number of non-ortho nitro benzene ring substituents is 1. The zero-order valence-corrected chi connectivity index (χ0v) is 11.9. The molecule has 1 aromatic carbocycles. The van der Waals surface area contributed by atoms with E-state index in [0.717, 1.165) is 25.7 Å². The molecule has 0 radical (unpaired) electrons. The van der Waals surface area contributed by atoms with E-state index in [1.165, 1.54) is 12.1 Å². The summed E-state index contributed by atoms with van der Waals surface area (Å²) >= 11 is 11.9. The Hall–Kier alpha value is -1.04. The van der Waals surface area contributed by atoms with Crippen molar-refractivity contribution in [2.45, 2.75) is 25.7 Å². The number of nitro benzene ring substituents is 1. The van der Waals surface area contributed by atoms with Crippen molar-refractivity contribution in [1.82, 2.24) is 0 Å². The molecular formula is C12H16Cl2N2O3. The molecule has 0 unspecified atom stereocenters. The van der Waals surface area contributed by atoms with Gasteiger partial charge in [0.2, 0.25) is 0 Å². The maximum absolute atomic E-state index is 10.6. The number of anilines is 1. The van der Waals surface area contributed by atoms with Crippen LogP contribution in [-0.4, -0.2) is 23.2 Å². The summed E-state index contributed by atoms with van der Waals surface area (Å²) in [5.41, 5.74) is 0.402. The van der Waals surface area contributed by atoms with Crippen LogP contribution < -0.4 is 5.32 Å². The molecule has 1 aromatic rings. The Labute approximate surface area is 121 Å². The number of benzene rings is 1. The predicted molar refractivity (Wildman–Crippen MR) is 77.2 cm³/mol. The molecule has 0 aliphatic carbocycles. The molecule has 106 valence electrons. The van der Waals surface area contributed by atoms with Crippen LogP contribution in [0.3, 0.4) is 0 Å². The van der Waals surface area contributed by atoms with Crippen LogP contribution in [0, 0.1) is 10.1 Å². The normalized spacial score (nSPS) is 10.5. The summed E-state index contributed by atoms with van der Waals surface area (Å²) in [5, 5.41) is 22.8. The maximum atomic E-state index is 10.6. The van der Waals surface area contributed by atoms with Gasteiger partial charge in [0.15, 0.2) is 0 Å². The molecule has 0 aliphatic rings. The molecule has 0 aliphatic heterocycles. The highest BCUT2D eigenvalue weighted by Crippen LogP contribution is 2.34. The van der Waals surface area contributed by atoms with Gasteiger partial charge < -0.3 is 10.4 Å². The number of hydrogen-bond donors (Lipinski definition) is 2. The third-order valence-corrected chi connectivity index (χ3v) is 3.22. The summed E-state index contributed by atoms with van der Waals surface area (Å²) in [4.78, 5) is 10.1. The summed E-state index contributed by atoms with van der Waals surface area (Å²) in [6.07, 6.45) is 3.69. The summed E-state index contributed by atoms with van der Waals surface area (Å²) in [6.45, 7) is 0.899. The van der Waals surface area contributed by atoms with E-state index in [-0.39, 0.29) is 22.3 Å². The minimum absolute atomic E-state index is 0.122. The molecule has 0 saturated heterocycles. The number of aliphatic hydroxyl groups is 1. The molecule has 0 fully saturated rings. The van der Waals surface area contributed by atoms with Crippen molar-refractivity contribution >= 4 is 34.6 Å². The molecule has 0 saturated carbocycles. The van der Waals surface area contributed by atoms with Crippen LogP contribution >= 0.6 is 23.2 Å². The Bertz CT molecular complexity index is 418. The lowest BCUT2D eigenvalue weighted by Crippen LogP contribution is -2.03. The molecular weight excluding hydrogens is 291 g/mol. The highest BCUT2D eigenvalue weighted by atomic mass is 35.5. The monoisotopic (exact) mass is 306 g/mol. The van der Waals surface area contributed by atoms with Crippen LogP contribution in [0.4, 0.5) is 11.4 Å². The zero-order valence-electron chi connectivity index (χ0n) is 10.4. The van der Waals surface area contributed by atoms with Gasteiger partial charge in [-0.2, -0.15) is 0 Å². The fourth-order valence-electron chi connectivity index (χ4n) is 1.64. The molecule has 0 amide bonds. The van der Waals surface area contributed by atoms with Gasteiger partial charge in [-0.1, -0.05) is 36.0 Å². The second kappa shape index (κ2) is 8.19. The lowest BCUT2D eigenvalue weighted by Gasteiger charge is -2.10. The second-order valence-corrected chi connectivity index (χ2v) is 4.92. The number of unbranched alkanes of at least 4 members (excludes halogenated alkanes) is 3. The number of nitrogens with zero attached hydrogens (tertiary/aromatic N) is 1. The molecule has 5 nitrogen and oxygen atoms in total. The maximum Gasteiger partial charge on any atom is 0.272 e. The lowest BCUT2D eigenvalue weighted by molar-refractivity contribution is -0.384. The molecule has 0 aromatic heterocycles. The number of hydrogen-bond acceptors (Lipinski definition) is 4. The van der Waals surface area contributed by atoms with Crippen LogP contribution in [0.15, 0.2) is 12.1 Å². The number of rotatable bonds is 8. The Morgan fingerprint density at radius 2 is 1.74 bits per heavy atom. The SMILES string of the molecule is O=[N+]([O-])c1cc(Cl)c(NCCCCCCO)c(Cl)c1. The van der Waals surface area contributed by atoms with Crippen LogP contribution in [0.2, 0.25) is 10.0 Å². The van der Waals surface area contributed by atoms with Crippen molar-refractivity contribution in [3.63, 3.8) is 0 Å². The van der Waals surface area contributed by atoms with Gasteiger partial charge in [-0.05, 0) is 12.8 Å². The topological polar surface area (TPSA) is 75.4 Å². The van der Waals surface area contributed by atoms with Crippen molar-refractivity contribution in [1.29, 1.82) is 0 Å². The molecule has 0 spiro atoms. The van der Waals surface area contributed by atoms with E-state index in [0.29, 0.717) is 12.2 Å². The third-order valence-electron chi connectivity index (χ3n) is 2.62. The average Bonchev–Trinajstić information content (AvgIpc) is 2.35. The molecule has 0 atom stereocenters. The van der Waals surface area contributed by atoms with Crippen LogP contribution in [-0.2, 0) is 0 Å². The minimum atomic E-state index is -0.531. The molecule has 2 N–H and O–H groups in total. The van der Waals surface area contributed by atoms with E-state index in [1.54, 1.807) is 0 Å². The lowest BCUT2D eigenvalue weighted by atomic mass is 10.2. The Kier molecular flexibility index (Phi) is 6.91. The first kappa shape index (κ1) is 16.0. The van der Waals surface area contributed by atoms with Crippen LogP contribution in [0.1, 0.15) is 25.7 Å². The first-order valence-corrected chi connectivity index (χ1v) is 6.80. The van der Waals surface area contributed by atoms with Crippen LogP contribution in [0.5, 0.6) is 0 Å². The number of aliphatic hydroxyl groups excluding tert-OH is 1. The van der Waals surface area contributed by atoms with Crippen molar-refractivity contribution in [3.05, 3.63) is 32.3 Å². The van der Waals surface area contributed by atoms with E-state index in [1.807, 2.05) is 0 Å². The third kappa shape index (κ3) is 5.22.